The van der Waals surface area contributed by atoms with Crippen LogP contribution in [0.3, 0.4) is 0 Å². The van der Waals surface area contributed by atoms with Crippen LogP contribution in [0.5, 0.6) is 0 Å². The van der Waals surface area contributed by atoms with Crippen molar-refractivity contribution in [1.82, 2.24) is 25.3 Å². The second-order valence-electron chi connectivity index (χ2n) is 6.83. The lowest BCUT2D eigenvalue weighted by molar-refractivity contribution is 0.0235. The lowest BCUT2D eigenvalue weighted by atomic mass is 9.75. The first-order valence-electron chi connectivity index (χ1n) is 8.67. The molecule has 3 aromatic rings. The number of amides is 1. The Labute approximate surface area is 151 Å². The number of nitrogens with zero attached hydrogens (tertiary/aromatic N) is 3. The van der Waals surface area contributed by atoms with E-state index in [1.54, 1.807) is 29.2 Å². The van der Waals surface area contributed by atoms with Crippen molar-refractivity contribution in [3.8, 4) is 11.3 Å². The molecule has 1 aliphatic carbocycles. The zero-order valence-corrected chi connectivity index (χ0v) is 14.5. The molecule has 1 atom stereocenters. The Bertz CT molecular complexity index is 879. The summed E-state index contributed by atoms with van der Waals surface area (Å²) in [5.41, 5.74) is 3.45. The number of aryl methyl sites for hydroxylation is 1. The average molecular weight is 351 g/mol. The van der Waals surface area contributed by atoms with Crippen LogP contribution in [0.4, 0.5) is 0 Å². The number of hydrogen-bond acceptors (Lipinski definition) is 4. The molecular weight excluding hydrogens is 330 g/mol. The Morgan fingerprint density at radius 3 is 2.65 bits per heavy atom. The molecule has 1 amide bonds. The largest absolute Gasteiger partial charge is 0.393 e. The lowest BCUT2D eigenvalue weighted by Gasteiger charge is -2.37. The van der Waals surface area contributed by atoms with Gasteiger partial charge in [0.15, 0.2) is 0 Å². The molecule has 0 saturated heterocycles. The van der Waals surface area contributed by atoms with Crippen molar-refractivity contribution >= 4 is 5.91 Å². The van der Waals surface area contributed by atoms with Crippen molar-refractivity contribution in [2.45, 2.75) is 25.0 Å². The van der Waals surface area contributed by atoms with Gasteiger partial charge in [-0.15, -0.1) is 0 Å². The number of aliphatic hydroxyl groups is 1. The van der Waals surface area contributed by atoms with Crippen LogP contribution in [0.15, 0.2) is 48.9 Å². The Morgan fingerprint density at radius 2 is 2.08 bits per heavy atom. The summed E-state index contributed by atoms with van der Waals surface area (Å²) >= 11 is 0. The topological polar surface area (TPSA) is 95.8 Å². The van der Waals surface area contributed by atoms with Crippen LogP contribution in [-0.2, 0) is 7.05 Å². The van der Waals surface area contributed by atoms with Gasteiger partial charge in [0.2, 0.25) is 0 Å². The maximum atomic E-state index is 12.7. The molecule has 0 unspecified atom stereocenters. The van der Waals surface area contributed by atoms with Gasteiger partial charge in [-0.25, -0.2) is 0 Å². The molecular formula is C19H21N5O2. The van der Waals surface area contributed by atoms with E-state index in [0.717, 1.165) is 16.8 Å². The average Bonchev–Trinajstić information content (AvgIpc) is 3.29. The summed E-state index contributed by atoms with van der Waals surface area (Å²) in [5, 5.41) is 23.8. The minimum atomic E-state index is -0.273. The van der Waals surface area contributed by atoms with Gasteiger partial charge in [-0.2, -0.15) is 10.2 Å². The predicted molar refractivity (Wildman–Crippen MR) is 96.2 cm³/mol. The summed E-state index contributed by atoms with van der Waals surface area (Å²) in [4.78, 5) is 12.7. The summed E-state index contributed by atoms with van der Waals surface area (Å²) < 4.78 is 1.72. The highest BCUT2D eigenvalue weighted by atomic mass is 16.3. The van der Waals surface area contributed by atoms with Gasteiger partial charge >= 0.3 is 0 Å². The lowest BCUT2D eigenvalue weighted by Crippen LogP contribution is -2.41. The molecule has 1 fully saturated rings. The first-order valence-corrected chi connectivity index (χ1v) is 8.67. The predicted octanol–water partition coefficient (Wildman–Crippen LogP) is 2.05. The van der Waals surface area contributed by atoms with Crippen LogP contribution in [0.1, 0.15) is 34.8 Å². The SMILES string of the molecule is Cn1cc([C@@H](NC(=O)c2ccc(-c3ccn[nH]3)cc2)C2CC(O)C2)cn1. The summed E-state index contributed by atoms with van der Waals surface area (Å²) in [6.07, 6.45) is 6.50. The monoisotopic (exact) mass is 351 g/mol. The fraction of sp³-hybridized carbons (Fsp3) is 0.316. The van der Waals surface area contributed by atoms with Crippen molar-refractivity contribution in [3.63, 3.8) is 0 Å². The number of rotatable bonds is 5. The van der Waals surface area contributed by atoms with Gasteiger partial charge in [-0.3, -0.25) is 14.6 Å². The van der Waals surface area contributed by atoms with E-state index in [-0.39, 0.29) is 24.0 Å². The molecule has 7 heteroatoms. The summed E-state index contributed by atoms with van der Waals surface area (Å²) in [6.45, 7) is 0. The third-order valence-electron chi connectivity index (χ3n) is 4.95. The van der Waals surface area contributed by atoms with Crippen LogP contribution in [0, 0.1) is 5.92 Å². The standard InChI is InChI=1S/C19H21N5O2/c1-24-11-15(10-21-24)18(14-8-16(25)9-14)22-19(26)13-4-2-12(3-5-13)17-6-7-20-23-17/h2-7,10-11,14,16,18,25H,8-9H2,1H3,(H,20,23)(H,22,26)/t14?,16?,18-/m0/s1. The van der Waals surface area contributed by atoms with Gasteiger partial charge in [-0.1, -0.05) is 12.1 Å². The number of benzene rings is 1. The van der Waals surface area contributed by atoms with Crippen molar-refractivity contribution < 1.29 is 9.90 Å². The number of H-pyrrole nitrogens is 1. The van der Waals surface area contributed by atoms with E-state index < -0.39 is 0 Å². The van der Waals surface area contributed by atoms with Gasteiger partial charge in [0.05, 0.1) is 24.0 Å². The van der Waals surface area contributed by atoms with E-state index in [4.69, 9.17) is 0 Å². The van der Waals surface area contributed by atoms with Crippen LogP contribution in [0.2, 0.25) is 0 Å². The number of aliphatic hydroxyl groups excluding tert-OH is 1. The molecule has 2 heterocycles. The van der Waals surface area contributed by atoms with E-state index in [1.165, 1.54) is 0 Å². The van der Waals surface area contributed by atoms with E-state index in [9.17, 15) is 9.90 Å². The van der Waals surface area contributed by atoms with Gasteiger partial charge in [0.1, 0.15) is 0 Å². The molecule has 4 rings (SSSR count). The summed E-state index contributed by atoms with van der Waals surface area (Å²) in [7, 11) is 1.85. The highest BCUT2D eigenvalue weighted by Crippen LogP contribution is 2.38. The normalized spacial score (nSPS) is 20.4. The first kappa shape index (κ1) is 16.5. The quantitative estimate of drug-likeness (QED) is 0.655. The Kier molecular flexibility index (Phi) is 4.30. The molecule has 0 bridgehead atoms. The van der Waals surface area contributed by atoms with Gasteiger partial charge in [0, 0.05) is 30.6 Å². The molecule has 134 valence electrons. The van der Waals surface area contributed by atoms with Crippen LogP contribution in [0.25, 0.3) is 11.3 Å². The van der Waals surface area contributed by atoms with Gasteiger partial charge in [0.25, 0.3) is 5.91 Å². The third-order valence-corrected chi connectivity index (χ3v) is 4.95. The van der Waals surface area contributed by atoms with Crippen LogP contribution < -0.4 is 5.32 Å². The summed E-state index contributed by atoms with van der Waals surface area (Å²) in [5.74, 6) is 0.0961. The maximum absolute atomic E-state index is 12.7. The molecule has 1 saturated carbocycles. The molecule has 1 aliphatic rings. The minimum absolute atomic E-state index is 0.128. The third kappa shape index (κ3) is 3.25. The van der Waals surface area contributed by atoms with Crippen LogP contribution >= 0.6 is 0 Å². The zero-order valence-electron chi connectivity index (χ0n) is 14.5. The van der Waals surface area contributed by atoms with E-state index in [0.29, 0.717) is 18.4 Å². The zero-order chi connectivity index (χ0) is 18.1. The molecule has 1 aromatic carbocycles. The number of hydrogen-bond donors (Lipinski definition) is 3. The maximum Gasteiger partial charge on any atom is 0.251 e. The fourth-order valence-corrected chi connectivity index (χ4v) is 3.42. The second-order valence-corrected chi connectivity index (χ2v) is 6.83. The van der Waals surface area contributed by atoms with Crippen molar-refractivity contribution in [1.29, 1.82) is 0 Å². The van der Waals surface area contributed by atoms with Crippen LogP contribution in [-0.4, -0.2) is 37.1 Å². The minimum Gasteiger partial charge on any atom is -0.393 e. The van der Waals surface area contributed by atoms with E-state index in [1.807, 2.05) is 31.4 Å². The van der Waals surface area contributed by atoms with Crippen molar-refractivity contribution in [2.75, 3.05) is 0 Å². The number of carbonyl (C=O) groups excluding carboxylic acids is 1. The van der Waals surface area contributed by atoms with Crippen molar-refractivity contribution in [3.05, 3.63) is 60.0 Å². The molecule has 26 heavy (non-hydrogen) atoms. The van der Waals surface area contributed by atoms with Crippen molar-refractivity contribution in [2.24, 2.45) is 13.0 Å². The smallest absolute Gasteiger partial charge is 0.251 e. The highest BCUT2D eigenvalue weighted by Gasteiger charge is 2.36. The van der Waals surface area contributed by atoms with Gasteiger partial charge < -0.3 is 10.4 Å². The van der Waals surface area contributed by atoms with E-state index in [2.05, 4.69) is 20.6 Å². The Morgan fingerprint density at radius 1 is 1.31 bits per heavy atom. The molecule has 0 spiro atoms. The number of aromatic nitrogens is 4. The number of nitrogens with one attached hydrogen (secondary N) is 2. The second kappa shape index (κ2) is 6.76. The number of aromatic amines is 1. The summed E-state index contributed by atoms with van der Waals surface area (Å²) in [6, 6.07) is 9.15. The molecule has 2 aromatic heterocycles. The highest BCUT2D eigenvalue weighted by molar-refractivity contribution is 5.94. The Balaban J connectivity index is 1.51. The van der Waals surface area contributed by atoms with Gasteiger partial charge in [-0.05, 0) is 42.5 Å². The Hall–Kier alpha value is -2.93. The molecule has 3 N–H and O–H groups in total. The fourth-order valence-electron chi connectivity index (χ4n) is 3.42. The molecule has 0 radical (unpaired) electrons. The first-order chi connectivity index (χ1) is 12.6. The van der Waals surface area contributed by atoms with E-state index >= 15 is 0 Å². The molecule has 7 nitrogen and oxygen atoms in total. The number of carbonyl (C=O) groups is 1. The molecule has 0 aliphatic heterocycles.